The van der Waals surface area contributed by atoms with E-state index in [-0.39, 0.29) is 5.56 Å². The lowest BCUT2D eigenvalue weighted by Crippen LogP contribution is -2.01. The molecule has 0 saturated carbocycles. The Hall–Kier alpha value is -1.07. The number of ether oxygens (including phenoxy) is 1. The van der Waals surface area contributed by atoms with E-state index >= 15 is 0 Å². The number of aromatic carboxylic acids is 1. The Kier molecular flexibility index (Phi) is 5.88. The zero-order valence-corrected chi connectivity index (χ0v) is 10.00. The van der Waals surface area contributed by atoms with Gasteiger partial charge in [0.15, 0.2) is 0 Å². The van der Waals surface area contributed by atoms with E-state index in [0.29, 0.717) is 18.2 Å². The minimum absolute atomic E-state index is 0.268. The van der Waals surface area contributed by atoms with Crippen molar-refractivity contribution < 1.29 is 14.6 Å². The minimum atomic E-state index is -0.930. The summed E-state index contributed by atoms with van der Waals surface area (Å²) in [5.41, 5.74) is 0.268. The Morgan fingerprint density at radius 3 is 3.12 bits per heavy atom. The lowest BCUT2D eigenvalue weighted by atomic mass is 10.3. The van der Waals surface area contributed by atoms with Gasteiger partial charge in [-0.25, -0.2) is 9.78 Å². The number of aromatic nitrogens is 1. The van der Waals surface area contributed by atoms with Crippen LogP contribution in [0.1, 0.15) is 23.7 Å². The molecule has 1 N–H and O–H groups in total. The van der Waals surface area contributed by atoms with Crippen molar-refractivity contribution in [1.82, 2.24) is 4.98 Å². The van der Waals surface area contributed by atoms with Gasteiger partial charge in [0, 0.05) is 25.2 Å². The van der Waals surface area contributed by atoms with Gasteiger partial charge in [0.1, 0.15) is 5.03 Å². The van der Waals surface area contributed by atoms with Crippen LogP contribution < -0.4 is 0 Å². The number of rotatable bonds is 7. The molecule has 0 unspecified atom stereocenters. The molecular formula is C11H15NO3S. The highest BCUT2D eigenvalue weighted by atomic mass is 32.2. The Morgan fingerprint density at radius 2 is 2.44 bits per heavy atom. The maximum Gasteiger partial charge on any atom is 0.338 e. The van der Waals surface area contributed by atoms with E-state index in [2.05, 4.69) is 4.98 Å². The molecule has 4 nitrogen and oxygen atoms in total. The average molecular weight is 241 g/mol. The first-order chi connectivity index (χ1) is 7.75. The Bertz CT molecular complexity index is 344. The molecule has 16 heavy (non-hydrogen) atoms. The van der Waals surface area contributed by atoms with Gasteiger partial charge in [-0.1, -0.05) is 0 Å². The van der Waals surface area contributed by atoms with Crippen molar-refractivity contribution >= 4 is 17.7 Å². The topological polar surface area (TPSA) is 59.4 Å². The number of thioether (sulfide) groups is 1. The molecule has 0 spiro atoms. The summed E-state index contributed by atoms with van der Waals surface area (Å²) in [6.07, 6.45) is 2.51. The highest BCUT2D eigenvalue weighted by Gasteiger charge is 2.10. The Balaban J connectivity index is 2.44. The number of carboxylic acid groups (broad SMARTS) is 1. The van der Waals surface area contributed by atoms with Crippen LogP contribution in [-0.2, 0) is 4.74 Å². The summed E-state index contributed by atoms with van der Waals surface area (Å²) in [4.78, 5) is 14.9. The molecule has 0 atom stereocenters. The van der Waals surface area contributed by atoms with Crippen LogP contribution in [-0.4, -0.2) is 35.0 Å². The average Bonchev–Trinajstić information content (AvgIpc) is 2.29. The molecule has 0 bridgehead atoms. The molecule has 0 radical (unpaired) electrons. The molecule has 0 fully saturated rings. The van der Waals surface area contributed by atoms with Gasteiger partial charge in [-0.15, -0.1) is 11.8 Å². The van der Waals surface area contributed by atoms with Gasteiger partial charge in [0.05, 0.1) is 5.56 Å². The van der Waals surface area contributed by atoms with E-state index < -0.39 is 5.97 Å². The number of carboxylic acids is 1. The van der Waals surface area contributed by atoms with Crippen molar-refractivity contribution in [2.75, 3.05) is 19.0 Å². The van der Waals surface area contributed by atoms with Gasteiger partial charge < -0.3 is 9.84 Å². The molecule has 88 valence electrons. The number of carbonyl (C=O) groups is 1. The Morgan fingerprint density at radius 1 is 1.62 bits per heavy atom. The summed E-state index contributed by atoms with van der Waals surface area (Å²) in [6.45, 7) is 3.38. The SMILES string of the molecule is CCOCCCSc1ncccc1C(=O)O. The standard InChI is InChI=1S/C11H15NO3S/c1-2-15-7-4-8-16-10-9(11(13)14)5-3-6-12-10/h3,5-6H,2,4,7-8H2,1H3,(H,13,14). The fourth-order valence-electron chi connectivity index (χ4n) is 1.14. The highest BCUT2D eigenvalue weighted by molar-refractivity contribution is 7.99. The van der Waals surface area contributed by atoms with E-state index in [9.17, 15) is 4.79 Å². The van der Waals surface area contributed by atoms with Gasteiger partial charge in [-0.2, -0.15) is 0 Å². The normalized spacial score (nSPS) is 10.3. The summed E-state index contributed by atoms with van der Waals surface area (Å²) >= 11 is 1.45. The molecule has 0 amide bonds. The minimum Gasteiger partial charge on any atom is -0.478 e. The second kappa shape index (κ2) is 7.24. The van der Waals surface area contributed by atoms with Crippen LogP contribution >= 0.6 is 11.8 Å². The highest BCUT2D eigenvalue weighted by Crippen LogP contribution is 2.20. The number of pyridine rings is 1. The van der Waals surface area contributed by atoms with E-state index in [0.717, 1.165) is 12.2 Å². The van der Waals surface area contributed by atoms with E-state index in [4.69, 9.17) is 9.84 Å². The molecule has 0 aliphatic rings. The predicted octanol–water partition coefficient (Wildman–Crippen LogP) is 2.30. The van der Waals surface area contributed by atoms with Gasteiger partial charge >= 0.3 is 5.97 Å². The summed E-state index contributed by atoms with van der Waals surface area (Å²) < 4.78 is 5.20. The van der Waals surface area contributed by atoms with Crippen LogP contribution in [0.3, 0.4) is 0 Å². The second-order valence-corrected chi connectivity index (χ2v) is 4.14. The molecule has 5 heteroatoms. The van der Waals surface area contributed by atoms with Gasteiger partial charge in [-0.3, -0.25) is 0 Å². The van der Waals surface area contributed by atoms with E-state index in [1.54, 1.807) is 18.3 Å². The largest absolute Gasteiger partial charge is 0.478 e. The quantitative estimate of drug-likeness (QED) is 0.586. The molecule has 1 aromatic rings. The van der Waals surface area contributed by atoms with Crippen LogP contribution in [0.25, 0.3) is 0 Å². The first-order valence-electron chi connectivity index (χ1n) is 5.14. The van der Waals surface area contributed by atoms with Crippen molar-refractivity contribution in [1.29, 1.82) is 0 Å². The zero-order chi connectivity index (χ0) is 11.8. The fourth-order valence-corrected chi connectivity index (χ4v) is 2.04. The Labute approximate surface area is 99.0 Å². The van der Waals surface area contributed by atoms with E-state index in [1.165, 1.54) is 11.8 Å². The molecule has 1 heterocycles. The fraction of sp³-hybridized carbons (Fsp3) is 0.455. The summed E-state index contributed by atoms with van der Waals surface area (Å²) in [7, 11) is 0. The van der Waals surface area contributed by atoms with Gasteiger partial charge in [0.25, 0.3) is 0 Å². The van der Waals surface area contributed by atoms with Gasteiger partial charge in [-0.05, 0) is 25.5 Å². The van der Waals surface area contributed by atoms with Crippen LogP contribution in [0, 0.1) is 0 Å². The third-order valence-electron chi connectivity index (χ3n) is 1.88. The van der Waals surface area contributed by atoms with Crippen molar-refractivity contribution in [3.63, 3.8) is 0 Å². The molecule has 1 rings (SSSR count). The van der Waals surface area contributed by atoms with Crippen molar-refractivity contribution in [3.05, 3.63) is 23.9 Å². The van der Waals surface area contributed by atoms with E-state index in [1.807, 2.05) is 6.92 Å². The second-order valence-electron chi connectivity index (χ2n) is 3.06. The van der Waals surface area contributed by atoms with Crippen LogP contribution in [0.5, 0.6) is 0 Å². The van der Waals surface area contributed by atoms with Crippen molar-refractivity contribution in [2.24, 2.45) is 0 Å². The zero-order valence-electron chi connectivity index (χ0n) is 9.18. The lowest BCUT2D eigenvalue weighted by molar-refractivity contribution is 0.0692. The van der Waals surface area contributed by atoms with Crippen molar-refractivity contribution in [3.8, 4) is 0 Å². The third-order valence-corrected chi connectivity index (χ3v) is 2.97. The smallest absolute Gasteiger partial charge is 0.338 e. The monoisotopic (exact) mass is 241 g/mol. The van der Waals surface area contributed by atoms with Crippen molar-refractivity contribution in [2.45, 2.75) is 18.4 Å². The summed E-state index contributed by atoms with van der Waals surface area (Å²) in [5, 5.41) is 9.50. The molecular weight excluding hydrogens is 226 g/mol. The molecule has 0 aromatic carbocycles. The van der Waals surface area contributed by atoms with Crippen LogP contribution in [0.4, 0.5) is 0 Å². The van der Waals surface area contributed by atoms with Crippen LogP contribution in [0.15, 0.2) is 23.4 Å². The molecule has 0 saturated heterocycles. The number of nitrogens with zero attached hydrogens (tertiary/aromatic N) is 1. The van der Waals surface area contributed by atoms with Gasteiger partial charge in [0.2, 0.25) is 0 Å². The number of hydrogen-bond acceptors (Lipinski definition) is 4. The maximum atomic E-state index is 10.9. The number of hydrogen-bond donors (Lipinski definition) is 1. The summed E-state index contributed by atoms with van der Waals surface area (Å²) in [5.74, 6) is -0.113. The maximum absolute atomic E-state index is 10.9. The molecule has 0 aliphatic carbocycles. The first kappa shape index (κ1) is 13.0. The van der Waals surface area contributed by atoms with Crippen LogP contribution in [0.2, 0.25) is 0 Å². The third kappa shape index (κ3) is 4.20. The first-order valence-corrected chi connectivity index (χ1v) is 6.13. The predicted molar refractivity (Wildman–Crippen MR) is 63.0 cm³/mol. The molecule has 0 aliphatic heterocycles. The molecule has 1 aromatic heterocycles. The lowest BCUT2D eigenvalue weighted by Gasteiger charge is -2.04. The summed E-state index contributed by atoms with van der Waals surface area (Å²) in [6, 6.07) is 3.20.